The lowest BCUT2D eigenvalue weighted by Crippen LogP contribution is -2.30. The third-order valence-electron chi connectivity index (χ3n) is 4.33. The fourth-order valence-corrected chi connectivity index (χ4v) is 3.80. The zero-order valence-electron chi connectivity index (χ0n) is 10.2. The van der Waals surface area contributed by atoms with Crippen molar-refractivity contribution in [3.63, 3.8) is 0 Å². The van der Waals surface area contributed by atoms with Crippen molar-refractivity contribution in [2.45, 2.75) is 52.4 Å². The average molecular weight is 230 g/mol. The predicted octanol–water partition coefficient (Wildman–Crippen LogP) is 3.67. The summed E-state index contributed by atoms with van der Waals surface area (Å²) in [6, 6.07) is 0. The molecule has 0 amide bonds. The third kappa shape index (κ3) is 1.89. The predicted molar refractivity (Wildman–Crippen MR) is 58.3 cm³/mol. The van der Waals surface area contributed by atoms with Gasteiger partial charge >= 0.3 is 0 Å². The van der Waals surface area contributed by atoms with E-state index in [1.54, 1.807) is 0 Å². The molecule has 2 rings (SSSR count). The molecule has 0 heterocycles. The quantitative estimate of drug-likeness (QED) is 0.707. The standard InChI is InChI=1S/C13H20F2O/c1-8(2)11(16)12(3)4-9-6-13(14,15)7-10(9)5-12/h8-10H,4-7H2,1-3H3/t9-,10+,12-. The number of fused-ring (bicyclic) bond motifs is 1. The average Bonchev–Trinajstić information content (AvgIpc) is 2.53. The molecule has 3 atom stereocenters. The van der Waals surface area contributed by atoms with Gasteiger partial charge in [0.25, 0.3) is 0 Å². The van der Waals surface area contributed by atoms with E-state index in [-0.39, 0.29) is 41.8 Å². The minimum atomic E-state index is -2.47. The van der Waals surface area contributed by atoms with E-state index in [9.17, 15) is 13.6 Å². The fraction of sp³-hybridized carbons (Fsp3) is 0.923. The Hall–Kier alpha value is -0.470. The summed E-state index contributed by atoms with van der Waals surface area (Å²) in [5.74, 6) is -2.06. The summed E-state index contributed by atoms with van der Waals surface area (Å²) in [5, 5.41) is 0. The van der Waals surface area contributed by atoms with E-state index in [0.29, 0.717) is 12.8 Å². The number of hydrogen-bond acceptors (Lipinski definition) is 1. The van der Waals surface area contributed by atoms with Crippen molar-refractivity contribution in [1.29, 1.82) is 0 Å². The molecule has 0 spiro atoms. The molecule has 2 aliphatic rings. The molecule has 0 bridgehead atoms. The second-order valence-electron chi connectivity index (χ2n) is 6.27. The Kier molecular flexibility index (Phi) is 2.63. The van der Waals surface area contributed by atoms with Crippen molar-refractivity contribution < 1.29 is 13.6 Å². The van der Waals surface area contributed by atoms with Gasteiger partial charge < -0.3 is 0 Å². The van der Waals surface area contributed by atoms with Crippen molar-refractivity contribution in [2.75, 3.05) is 0 Å². The van der Waals surface area contributed by atoms with E-state index < -0.39 is 5.92 Å². The number of Topliss-reactive ketones (excluding diaryl/α,β-unsaturated/α-hetero) is 1. The van der Waals surface area contributed by atoms with Crippen LogP contribution < -0.4 is 0 Å². The first-order chi connectivity index (χ1) is 7.23. The molecule has 0 aliphatic heterocycles. The van der Waals surface area contributed by atoms with Crippen LogP contribution in [0.3, 0.4) is 0 Å². The van der Waals surface area contributed by atoms with Gasteiger partial charge in [-0.2, -0.15) is 0 Å². The van der Waals surface area contributed by atoms with Gasteiger partial charge in [-0.1, -0.05) is 20.8 Å². The van der Waals surface area contributed by atoms with Crippen LogP contribution in [0.4, 0.5) is 8.78 Å². The van der Waals surface area contributed by atoms with Crippen LogP contribution in [0.25, 0.3) is 0 Å². The Bertz CT molecular complexity index is 293. The van der Waals surface area contributed by atoms with Crippen LogP contribution in [-0.2, 0) is 4.79 Å². The molecule has 1 nitrogen and oxygen atoms in total. The lowest BCUT2D eigenvalue weighted by molar-refractivity contribution is -0.131. The van der Waals surface area contributed by atoms with Crippen molar-refractivity contribution in [3.8, 4) is 0 Å². The maximum atomic E-state index is 13.2. The highest BCUT2D eigenvalue weighted by atomic mass is 19.3. The summed E-state index contributed by atoms with van der Waals surface area (Å²) >= 11 is 0. The van der Waals surface area contributed by atoms with Crippen molar-refractivity contribution >= 4 is 5.78 Å². The van der Waals surface area contributed by atoms with Crippen LogP contribution in [0, 0.1) is 23.2 Å². The van der Waals surface area contributed by atoms with E-state index in [2.05, 4.69) is 0 Å². The maximum Gasteiger partial charge on any atom is 0.248 e. The Morgan fingerprint density at radius 2 is 1.56 bits per heavy atom. The molecule has 16 heavy (non-hydrogen) atoms. The molecule has 0 aromatic heterocycles. The first-order valence-corrected chi connectivity index (χ1v) is 6.16. The van der Waals surface area contributed by atoms with E-state index in [0.717, 1.165) is 0 Å². The van der Waals surface area contributed by atoms with Gasteiger partial charge in [-0.3, -0.25) is 4.79 Å². The Morgan fingerprint density at radius 3 is 1.94 bits per heavy atom. The largest absolute Gasteiger partial charge is 0.299 e. The summed E-state index contributed by atoms with van der Waals surface area (Å²) in [6.45, 7) is 5.76. The molecule has 92 valence electrons. The second kappa shape index (κ2) is 3.51. The molecule has 2 aliphatic carbocycles. The highest BCUT2D eigenvalue weighted by molar-refractivity contribution is 5.86. The minimum Gasteiger partial charge on any atom is -0.299 e. The van der Waals surface area contributed by atoms with E-state index >= 15 is 0 Å². The van der Waals surface area contributed by atoms with E-state index in [1.165, 1.54) is 0 Å². The van der Waals surface area contributed by atoms with Gasteiger partial charge in [-0.15, -0.1) is 0 Å². The van der Waals surface area contributed by atoms with Crippen LogP contribution >= 0.6 is 0 Å². The summed E-state index contributed by atoms with van der Waals surface area (Å²) < 4.78 is 26.4. The van der Waals surface area contributed by atoms with Gasteiger partial charge in [0.15, 0.2) is 0 Å². The van der Waals surface area contributed by atoms with Crippen LogP contribution in [0.15, 0.2) is 0 Å². The summed E-state index contributed by atoms with van der Waals surface area (Å²) in [4.78, 5) is 12.1. The van der Waals surface area contributed by atoms with Crippen LogP contribution in [0.2, 0.25) is 0 Å². The second-order valence-corrected chi connectivity index (χ2v) is 6.27. The molecule has 0 aromatic rings. The summed E-state index contributed by atoms with van der Waals surface area (Å²) in [6.07, 6.45) is 1.34. The van der Waals surface area contributed by atoms with Gasteiger partial charge in [0.05, 0.1) is 0 Å². The molecular weight excluding hydrogens is 210 g/mol. The SMILES string of the molecule is CC(C)C(=O)[C@@]1(C)C[C@H]2CC(F)(F)C[C@H]2C1. The molecule has 0 saturated heterocycles. The number of halogens is 2. The fourth-order valence-electron chi connectivity index (χ4n) is 3.80. The molecule has 2 saturated carbocycles. The monoisotopic (exact) mass is 230 g/mol. The number of rotatable bonds is 2. The lowest BCUT2D eigenvalue weighted by Gasteiger charge is -2.26. The van der Waals surface area contributed by atoms with Gasteiger partial charge in [0, 0.05) is 24.2 Å². The molecule has 3 heteroatoms. The van der Waals surface area contributed by atoms with Crippen molar-refractivity contribution in [2.24, 2.45) is 23.2 Å². The number of carbonyl (C=O) groups is 1. The Morgan fingerprint density at radius 1 is 1.12 bits per heavy atom. The van der Waals surface area contributed by atoms with Gasteiger partial charge in [0.2, 0.25) is 5.92 Å². The zero-order valence-corrected chi connectivity index (χ0v) is 10.2. The van der Waals surface area contributed by atoms with Crippen LogP contribution in [0.1, 0.15) is 46.5 Å². The third-order valence-corrected chi connectivity index (χ3v) is 4.33. The Labute approximate surface area is 95.6 Å². The normalized spacial score (nSPS) is 41.4. The lowest BCUT2D eigenvalue weighted by atomic mass is 9.77. The van der Waals surface area contributed by atoms with Gasteiger partial charge in [0.1, 0.15) is 5.78 Å². The smallest absolute Gasteiger partial charge is 0.248 e. The number of alkyl halides is 2. The molecule has 0 N–H and O–H groups in total. The van der Waals surface area contributed by atoms with Gasteiger partial charge in [-0.05, 0) is 24.7 Å². The molecule has 2 fully saturated rings. The zero-order chi connectivity index (χ0) is 12.1. The minimum absolute atomic E-state index is 0.00136. The highest BCUT2D eigenvalue weighted by Crippen LogP contribution is 2.57. The first-order valence-electron chi connectivity index (χ1n) is 6.16. The molecule has 0 aromatic carbocycles. The number of hydrogen-bond donors (Lipinski definition) is 0. The van der Waals surface area contributed by atoms with Crippen LogP contribution in [0.5, 0.6) is 0 Å². The number of carbonyl (C=O) groups excluding carboxylic acids is 1. The first kappa shape index (κ1) is 12.0. The van der Waals surface area contributed by atoms with E-state index in [1.807, 2.05) is 20.8 Å². The summed E-state index contributed by atoms with van der Waals surface area (Å²) in [5.41, 5.74) is -0.333. The van der Waals surface area contributed by atoms with Crippen LogP contribution in [-0.4, -0.2) is 11.7 Å². The maximum absolute atomic E-state index is 13.2. The van der Waals surface area contributed by atoms with Crippen molar-refractivity contribution in [1.82, 2.24) is 0 Å². The molecule has 0 radical (unpaired) electrons. The molecule has 0 unspecified atom stereocenters. The molecular formula is C13H20F2O. The van der Waals surface area contributed by atoms with E-state index in [4.69, 9.17) is 0 Å². The van der Waals surface area contributed by atoms with Gasteiger partial charge in [-0.25, -0.2) is 8.78 Å². The topological polar surface area (TPSA) is 17.1 Å². The van der Waals surface area contributed by atoms with Crippen molar-refractivity contribution in [3.05, 3.63) is 0 Å². The number of ketones is 1. The summed E-state index contributed by atoms with van der Waals surface area (Å²) in [7, 11) is 0. The Balaban J connectivity index is 2.09. The highest BCUT2D eigenvalue weighted by Gasteiger charge is 2.55.